The topological polar surface area (TPSA) is 85.6 Å². The molecule has 0 saturated carbocycles. The van der Waals surface area contributed by atoms with Gasteiger partial charge >= 0.3 is 6.36 Å². The normalized spacial score (nSPS) is 11.2. The van der Waals surface area contributed by atoms with E-state index >= 15 is 0 Å². The zero-order valence-electron chi connectivity index (χ0n) is 19.1. The van der Waals surface area contributed by atoms with Gasteiger partial charge < -0.3 is 19.9 Å². The van der Waals surface area contributed by atoms with E-state index in [2.05, 4.69) is 15.2 Å². The third kappa shape index (κ3) is 6.56. The van der Waals surface area contributed by atoms with Gasteiger partial charge in [0, 0.05) is 23.0 Å². The second-order valence-corrected chi connectivity index (χ2v) is 7.92. The zero-order valence-corrected chi connectivity index (χ0v) is 19.1. The van der Waals surface area contributed by atoms with E-state index in [1.54, 1.807) is 29.8 Å². The summed E-state index contributed by atoms with van der Waals surface area (Å²) >= 11 is 0. The molecule has 1 heterocycles. The number of hydrogen-bond donors (Lipinski definition) is 2. The highest BCUT2D eigenvalue weighted by molar-refractivity contribution is 6.03. The summed E-state index contributed by atoms with van der Waals surface area (Å²) < 4.78 is 48.8. The molecular weight excluding hydrogens is 475 g/mol. The number of phenols is 1. The number of carbonyl (C=O) groups excluding carboxylic acids is 1. The molecule has 3 aromatic carbocycles. The number of carbonyl (C=O) groups is 1. The second-order valence-electron chi connectivity index (χ2n) is 7.92. The number of nitrogens with one attached hydrogen (secondary N) is 1. The highest BCUT2D eigenvalue weighted by Crippen LogP contribution is 2.27. The van der Waals surface area contributed by atoms with Crippen LogP contribution in [0.1, 0.15) is 27.3 Å². The zero-order chi connectivity index (χ0) is 25.7. The van der Waals surface area contributed by atoms with Crippen LogP contribution < -0.4 is 14.8 Å². The predicted octanol–water partition coefficient (Wildman–Crippen LogP) is 5.68. The molecule has 0 bridgehead atoms. The molecule has 0 radical (unpaired) electrons. The molecule has 4 aromatic rings. The first-order valence-corrected chi connectivity index (χ1v) is 10.9. The van der Waals surface area contributed by atoms with Gasteiger partial charge in [0.25, 0.3) is 5.91 Å². The highest BCUT2D eigenvalue weighted by Gasteiger charge is 2.31. The van der Waals surface area contributed by atoms with Gasteiger partial charge in [-0.05, 0) is 48.9 Å². The van der Waals surface area contributed by atoms with Crippen molar-refractivity contribution >= 4 is 11.6 Å². The number of aromatic hydroxyl groups is 1. The molecule has 0 aliphatic rings. The molecule has 0 spiro atoms. The van der Waals surface area contributed by atoms with Crippen LogP contribution in [0, 0.1) is 6.92 Å². The number of benzene rings is 3. The fourth-order valence-electron chi connectivity index (χ4n) is 3.47. The van der Waals surface area contributed by atoms with Crippen LogP contribution in [0.2, 0.25) is 0 Å². The molecule has 0 unspecified atom stereocenters. The van der Waals surface area contributed by atoms with Gasteiger partial charge in [-0.1, -0.05) is 36.4 Å². The minimum absolute atomic E-state index is 0.0563. The van der Waals surface area contributed by atoms with E-state index in [0.29, 0.717) is 23.6 Å². The van der Waals surface area contributed by atoms with Crippen LogP contribution >= 0.6 is 0 Å². The lowest BCUT2D eigenvalue weighted by Gasteiger charge is -2.13. The van der Waals surface area contributed by atoms with Gasteiger partial charge in [-0.15, -0.1) is 13.2 Å². The standard InChI is InChI=1S/C26H22F3N3O4/c1-17-12-23(25(34)30-20-8-5-9-22(14-20)36-26(27,28)29)31-32(17)15-19-13-21(33)10-11-24(19)35-16-18-6-3-2-4-7-18/h2-14,33H,15-16H2,1H3,(H,30,34). The van der Waals surface area contributed by atoms with E-state index in [1.165, 1.54) is 18.2 Å². The number of aryl methyl sites for hydroxylation is 1. The number of rotatable bonds is 8. The van der Waals surface area contributed by atoms with Gasteiger partial charge in [0.1, 0.15) is 23.9 Å². The van der Waals surface area contributed by atoms with E-state index in [0.717, 1.165) is 17.7 Å². The van der Waals surface area contributed by atoms with E-state index in [9.17, 15) is 23.1 Å². The van der Waals surface area contributed by atoms with Gasteiger partial charge in [0.05, 0.1) is 6.54 Å². The van der Waals surface area contributed by atoms with Crippen LogP contribution in [0.25, 0.3) is 0 Å². The van der Waals surface area contributed by atoms with Gasteiger partial charge in [0.15, 0.2) is 5.69 Å². The number of anilines is 1. The smallest absolute Gasteiger partial charge is 0.508 e. The summed E-state index contributed by atoms with van der Waals surface area (Å²) in [5, 5.41) is 16.8. The highest BCUT2D eigenvalue weighted by atomic mass is 19.4. The summed E-state index contributed by atoms with van der Waals surface area (Å²) in [6, 6.07) is 20.9. The largest absolute Gasteiger partial charge is 0.573 e. The van der Waals surface area contributed by atoms with E-state index in [4.69, 9.17) is 4.74 Å². The van der Waals surface area contributed by atoms with E-state index in [-0.39, 0.29) is 23.7 Å². The lowest BCUT2D eigenvalue weighted by molar-refractivity contribution is -0.274. The van der Waals surface area contributed by atoms with Crippen molar-refractivity contribution in [2.45, 2.75) is 26.4 Å². The Hall–Kier alpha value is -4.47. The van der Waals surface area contributed by atoms with Crippen molar-refractivity contribution in [2.75, 3.05) is 5.32 Å². The molecule has 1 amide bonds. The van der Waals surface area contributed by atoms with Crippen molar-refractivity contribution in [2.24, 2.45) is 0 Å². The molecule has 4 rings (SSSR count). The molecule has 2 N–H and O–H groups in total. The summed E-state index contributed by atoms with van der Waals surface area (Å²) in [6.07, 6.45) is -4.84. The van der Waals surface area contributed by atoms with E-state index < -0.39 is 18.0 Å². The maximum atomic E-state index is 12.7. The van der Waals surface area contributed by atoms with Gasteiger partial charge in [-0.25, -0.2) is 0 Å². The summed E-state index contributed by atoms with van der Waals surface area (Å²) in [6.45, 7) is 2.31. The molecule has 36 heavy (non-hydrogen) atoms. The first-order chi connectivity index (χ1) is 17.2. The average Bonchev–Trinajstić information content (AvgIpc) is 3.19. The van der Waals surface area contributed by atoms with Crippen LogP contribution in [0.3, 0.4) is 0 Å². The fourth-order valence-corrected chi connectivity index (χ4v) is 3.47. The van der Waals surface area contributed by atoms with E-state index in [1.807, 2.05) is 30.3 Å². The summed E-state index contributed by atoms with van der Waals surface area (Å²) in [7, 11) is 0. The third-order valence-corrected chi connectivity index (χ3v) is 5.14. The molecular formula is C26H22F3N3O4. The maximum Gasteiger partial charge on any atom is 0.573 e. The van der Waals surface area contributed by atoms with Gasteiger partial charge in [-0.3, -0.25) is 9.48 Å². The van der Waals surface area contributed by atoms with Crippen LogP contribution in [0.5, 0.6) is 17.2 Å². The minimum Gasteiger partial charge on any atom is -0.508 e. The Morgan fingerprint density at radius 1 is 1.03 bits per heavy atom. The number of alkyl halides is 3. The third-order valence-electron chi connectivity index (χ3n) is 5.14. The Kier molecular flexibility index (Phi) is 7.14. The molecule has 0 atom stereocenters. The quantitative estimate of drug-likeness (QED) is 0.327. The Morgan fingerprint density at radius 2 is 1.81 bits per heavy atom. The Bertz CT molecular complexity index is 1350. The molecule has 1 aromatic heterocycles. The first-order valence-electron chi connectivity index (χ1n) is 10.9. The Morgan fingerprint density at radius 3 is 2.56 bits per heavy atom. The van der Waals surface area contributed by atoms with Crippen molar-refractivity contribution in [3.8, 4) is 17.2 Å². The summed E-state index contributed by atoms with van der Waals surface area (Å²) in [5.74, 6) is -0.439. The Balaban J connectivity index is 1.48. The monoisotopic (exact) mass is 497 g/mol. The number of ether oxygens (including phenoxy) is 2. The van der Waals surface area contributed by atoms with Crippen molar-refractivity contribution in [1.82, 2.24) is 9.78 Å². The van der Waals surface area contributed by atoms with Crippen LogP contribution in [0.15, 0.2) is 78.9 Å². The molecule has 10 heteroatoms. The molecule has 7 nitrogen and oxygen atoms in total. The lowest BCUT2D eigenvalue weighted by Crippen LogP contribution is -2.17. The van der Waals surface area contributed by atoms with Crippen LogP contribution in [-0.4, -0.2) is 27.2 Å². The predicted molar refractivity (Wildman–Crippen MR) is 126 cm³/mol. The second kappa shape index (κ2) is 10.4. The van der Waals surface area contributed by atoms with Crippen molar-refractivity contribution < 1.29 is 32.5 Å². The number of halogens is 3. The number of aromatic nitrogens is 2. The number of nitrogens with zero attached hydrogens (tertiary/aromatic N) is 2. The van der Waals surface area contributed by atoms with Crippen molar-refractivity contribution in [1.29, 1.82) is 0 Å². The van der Waals surface area contributed by atoms with Gasteiger partial charge in [-0.2, -0.15) is 5.10 Å². The molecule has 0 aliphatic carbocycles. The number of amides is 1. The molecule has 0 aliphatic heterocycles. The Labute approximate surface area is 204 Å². The summed E-state index contributed by atoms with van der Waals surface area (Å²) in [4.78, 5) is 12.7. The van der Waals surface area contributed by atoms with Gasteiger partial charge in [0.2, 0.25) is 0 Å². The maximum absolute atomic E-state index is 12.7. The molecule has 186 valence electrons. The van der Waals surface area contributed by atoms with Crippen molar-refractivity contribution in [3.63, 3.8) is 0 Å². The lowest BCUT2D eigenvalue weighted by atomic mass is 10.2. The average molecular weight is 497 g/mol. The number of phenolic OH excluding ortho intramolecular Hbond substituents is 1. The summed E-state index contributed by atoms with van der Waals surface area (Å²) in [5.41, 5.74) is 2.49. The molecule has 0 fully saturated rings. The SMILES string of the molecule is Cc1cc(C(=O)Nc2cccc(OC(F)(F)F)c2)nn1Cc1cc(O)ccc1OCc1ccccc1. The fraction of sp³-hybridized carbons (Fsp3) is 0.154. The number of hydrogen-bond acceptors (Lipinski definition) is 5. The first kappa shape index (κ1) is 24.6. The van der Waals surface area contributed by atoms with Crippen LogP contribution in [-0.2, 0) is 13.2 Å². The van der Waals surface area contributed by atoms with Crippen molar-refractivity contribution in [3.05, 3.63) is 101 Å². The van der Waals surface area contributed by atoms with Crippen LogP contribution in [0.4, 0.5) is 18.9 Å². The minimum atomic E-state index is -4.84. The molecule has 0 saturated heterocycles.